The van der Waals surface area contributed by atoms with Crippen LogP contribution in [0.15, 0.2) is 24.3 Å². The molecule has 1 aromatic carbocycles. The zero-order chi connectivity index (χ0) is 18.9. The summed E-state index contributed by atoms with van der Waals surface area (Å²) in [7, 11) is 3.36. The zero-order valence-electron chi connectivity index (χ0n) is 15.0. The molecule has 0 unspecified atom stereocenters. The molecule has 0 spiro atoms. The predicted octanol–water partition coefficient (Wildman–Crippen LogP) is 3.43. The van der Waals surface area contributed by atoms with Crippen molar-refractivity contribution < 1.29 is 27.4 Å². The van der Waals surface area contributed by atoms with E-state index in [1.807, 2.05) is 4.90 Å². The second-order valence-electron chi connectivity index (χ2n) is 7.13. The lowest BCUT2D eigenvalue weighted by atomic mass is 9.79. The van der Waals surface area contributed by atoms with Gasteiger partial charge in [0, 0.05) is 20.8 Å². The molecule has 0 N–H and O–H groups in total. The number of likely N-dealkylation sites (tertiary alicyclic amines) is 1. The highest BCUT2D eigenvalue weighted by molar-refractivity contribution is 5.79. The van der Waals surface area contributed by atoms with Gasteiger partial charge in [-0.05, 0) is 43.4 Å². The minimum atomic E-state index is -4.37. The summed E-state index contributed by atoms with van der Waals surface area (Å²) in [5.41, 5.74) is -0.453. The van der Waals surface area contributed by atoms with Crippen LogP contribution in [0, 0.1) is 0 Å². The Morgan fingerprint density at radius 3 is 2.50 bits per heavy atom. The molecule has 1 saturated heterocycles. The maximum Gasteiger partial charge on any atom is 0.416 e. The summed E-state index contributed by atoms with van der Waals surface area (Å²) in [6.07, 6.45) is -0.924. The van der Waals surface area contributed by atoms with Crippen molar-refractivity contribution >= 4 is 5.91 Å². The number of benzene rings is 1. The van der Waals surface area contributed by atoms with Gasteiger partial charge in [-0.3, -0.25) is 4.79 Å². The smallest absolute Gasteiger partial charge is 0.381 e. The van der Waals surface area contributed by atoms with E-state index in [4.69, 9.17) is 9.47 Å². The summed E-state index contributed by atoms with van der Waals surface area (Å²) >= 11 is 0. The van der Waals surface area contributed by atoms with Crippen LogP contribution in [-0.4, -0.2) is 49.3 Å². The normalized spacial score (nSPS) is 28.9. The maximum absolute atomic E-state index is 12.8. The number of amides is 1. The van der Waals surface area contributed by atoms with Gasteiger partial charge < -0.3 is 14.4 Å². The summed E-state index contributed by atoms with van der Waals surface area (Å²) in [6.45, 7) is 0.606. The molecule has 0 aromatic heterocycles. The highest BCUT2D eigenvalue weighted by Crippen LogP contribution is 2.43. The first-order chi connectivity index (χ1) is 12.3. The van der Waals surface area contributed by atoms with Gasteiger partial charge in [0.05, 0.1) is 29.7 Å². The lowest BCUT2D eigenvalue weighted by Gasteiger charge is -2.43. The Morgan fingerprint density at radius 1 is 1.23 bits per heavy atom. The molecule has 4 nitrogen and oxygen atoms in total. The predicted molar refractivity (Wildman–Crippen MR) is 89.7 cm³/mol. The highest BCUT2D eigenvalue weighted by atomic mass is 19.4. The van der Waals surface area contributed by atoms with Crippen molar-refractivity contribution in [2.75, 3.05) is 20.8 Å². The molecule has 26 heavy (non-hydrogen) atoms. The average Bonchev–Trinajstić information content (AvgIpc) is 3.00. The fourth-order valence-electron chi connectivity index (χ4n) is 4.26. The Kier molecular flexibility index (Phi) is 5.30. The Balaban J connectivity index is 1.71. The van der Waals surface area contributed by atoms with Gasteiger partial charge in [-0.1, -0.05) is 12.1 Å². The molecule has 0 bridgehead atoms. The third-order valence-corrected chi connectivity index (χ3v) is 5.83. The van der Waals surface area contributed by atoms with Crippen LogP contribution in [0.25, 0.3) is 0 Å². The Morgan fingerprint density at radius 2 is 1.92 bits per heavy atom. The van der Waals surface area contributed by atoms with Crippen LogP contribution in [0.3, 0.4) is 0 Å². The summed E-state index contributed by atoms with van der Waals surface area (Å²) in [4.78, 5) is 14.6. The molecule has 3 rings (SSSR count). The zero-order valence-corrected chi connectivity index (χ0v) is 15.0. The summed E-state index contributed by atoms with van der Waals surface area (Å²) in [5.74, 6) is -0.0783. The second-order valence-corrected chi connectivity index (χ2v) is 7.13. The van der Waals surface area contributed by atoms with Crippen LogP contribution in [0.2, 0.25) is 0 Å². The number of halogens is 3. The van der Waals surface area contributed by atoms with Gasteiger partial charge in [0.1, 0.15) is 0 Å². The van der Waals surface area contributed by atoms with E-state index in [0.29, 0.717) is 12.1 Å². The van der Waals surface area contributed by atoms with E-state index in [1.54, 1.807) is 14.2 Å². The van der Waals surface area contributed by atoms with E-state index >= 15 is 0 Å². The minimum absolute atomic E-state index is 0.0480. The number of ether oxygens (including phenoxy) is 2. The molecule has 1 aliphatic heterocycles. The number of rotatable bonds is 4. The first-order valence-electron chi connectivity index (χ1n) is 8.82. The van der Waals surface area contributed by atoms with Crippen molar-refractivity contribution in [1.29, 1.82) is 0 Å². The number of hydrogen-bond donors (Lipinski definition) is 0. The molecule has 1 aliphatic carbocycles. The van der Waals surface area contributed by atoms with Crippen LogP contribution in [0.1, 0.15) is 36.8 Å². The molecule has 7 heteroatoms. The number of methoxy groups -OCH3 is 2. The van der Waals surface area contributed by atoms with Crippen LogP contribution in [0.4, 0.5) is 13.2 Å². The number of alkyl halides is 3. The van der Waals surface area contributed by atoms with Gasteiger partial charge in [-0.15, -0.1) is 0 Å². The fourth-order valence-corrected chi connectivity index (χ4v) is 4.26. The molecule has 144 valence electrons. The van der Waals surface area contributed by atoms with Crippen molar-refractivity contribution in [2.45, 2.75) is 56.0 Å². The maximum atomic E-state index is 12.8. The third kappa shape index (κ3) is 3.60. The van der Waals surface area contributed by atoms with Crippen LogP contribution in [0.5, 0.6) is 0 Å². The number of carbonyl (C=O) groups excluding carboxylic acids is 1. The molecule has 1 aromatic rings. The molecule has 1 amide bonds. The van der Waals surface area contributed by atoms with Gasteiger partial charge in [0.15, 0.2) is 0 Å². The molecule has 1 saturated carbocycles. The first-order valence-corrected chi connectivity index (χ1v) is 8.82. The van der Waals surface area contributed by atoms with Gasteiger partial charge >= 0.3 is 6.18 Å². The molecule has 2 aliphatic rings. The summed E-state index contributed by atoms with van der Waals surface area (Å²) in [5, 5.41) is 0. The lowest BCUT2D eigenvalue weighted by molar-refractivity contribution is -0.140. The van der Waals surface area contributed by atoms with Crippen molar-refractivity contribution in [1.82, 2.24) is 4.90 Å². The van der Waals surface area contributed by atoms with E-state index in [9.17, 15) is 18.0 Å². The number of carbonyl (C=O) groups is 1. The Labute approximate surface area is 151 Å². The largest absolute Gasteiger partial charge is 0.416 e. The number of hydrogen-bond acceptors (Lipinski definition) is 3. The summed E-state index contributed by atoms with van der Waals surface area (Å²) in [6, 6.07) is 4.74. The fraction of sp³-hybridized carbons (Fsp3) is 0.632. The monoisotopic (exact) mass is 371 g/mol. The van der Waals surface area contributed by atoms with Crippen molar-refractivity contribution in [3.05, 3.63) is 35.4 Å². The van der Waals surface area contributed by atoms with Crippen molar-refractivity contribution in [3.63, 3.8) is 0 Å². The van der Waals surface area contributed by atoms with Crippen molar-refractivity contribution in [3.8, 4) is 0 Å². The van der Waals surface area contributed by atoms with E-state index in [0.717, 1.165) is 37.8 Å². The van der Waals surface area contributed by atoms with Crippen LogP contribution >= 0.6 is 0 Å². The highest BCUT2D eigenvalue weighted by Gasteiger charge is 2.52. The minimum Gasteiger partial charge on any atom is -0.381 e. The Bertz CT molecular complexity index is 646. The molecule has 0 radical (unpaired) electrons. The van der Waals surface area contributed by atoms with Gasteiger partial charge in [0.2, 0.25) is 5.91 Å². The number of nitrogens with zero attached hydrogens (tertiary/aromatic N) is 1. The average molecular weight is 371 g/mol. The first kappa shape index (κ1) is 19.2. The standard InChI is InChI=1S/C19H24F3NO3/c1-25-15-7-8-18(26-2)9-10-23(16(18)12-15)17(24)11-13-3-5-14(6-4-13)19(20,21)22/h3-6,15-16H,7-12H2,1-2H3/t15-,16-,18+/m0/s1. The molecular formula is C19H24F3NO3. The lowest BCUT2D eigenvalue weighted by Crippen LogP contribution is -2.53. The van der Waals surface area contributed by atoms with Crippen LogP contribution in [-0.2, 0) is 26.9 Å². The van der Waals surface area contributed by atoms with Crippen LogP contribution < -0.4 is 0 Å². The van der Waals surface area contributed by atoms with E-state index in [2.05, 4.69) is 0 Å². The number of fused-ring (bicyclic) bond motifs is 1. The molecular weight excluding hydrogens is 347 g/mol. The quantitative estimate of drug-likeness (QED) is 0.814. The molecule has 2 fully saturated rings. The molecule has 3 atom stereocenters. The van der Waals surface area contributed by atoms with Gasteiger partial charge in [0.25, 0.3) is 0 Å². The van der Waals surface area contributed by atoms with E-state index in [1.165, 1.54) is 12.1 Å². The Hall–Kier alpha value is -1.60. The van der Waals surface area contributed by atoms with E-state index in [-0.39, 0.29) is 30.1 Å². The SMILES string of the molecule is CO[C@H]1CC[C@@]2(OC)CCN(C(=O)Cc3ccc(C(F)(F)F)cc3)[C@H]2C1. The summed E-state index contributed by atoms with van der Waals surface area (Å²) < 4.78 is 49.3. The molecule has 1 heterocycles. The second kappa shape index (κ2) is 7.19. The third-order valence-electron chi connectivity index (χ3n) is 5.83. The topological polar surface area (TPSA) is 38.8 Å². The van der Waals surface area contributed by atoms with Gasteiger partial charge in [-0.25, -0.2) is 0 Å². The van der Waals surface area contributed by atoms with Gasteiger partial charge in [-0.2, -0.15) is 13.2 Å². The van der Waals surface area contributed by atoms with E-state index < -0.39 is 11.7 Å². The van der Waals surface area contributed by atoms with Crippen molar-refractivity contribution in [2.24, 2.45) is 0 Å².